The van der Waals surface area contributed by atoms with Crippen LogP contribution in [0.2, 0.25) is 0 Å². The lowest BCUT2D eigenvalue weighted by Crippen LogP contribution is -2.49. The molecule has 0 radical (unpaired) electrons. The molecular weight excluding hydrogens is 370 g/mol. The van der Waals surface area contributed by atoms with E-state index in [2.05, 4.69) is 27.6 Å². The minimum atomic E-state index is -3.18. The number of benzene rings is 1. The maximum Gasteiger partial charge on any atom is 0.317 e. The molecule has 1 saturated heterocycles. The number of carbonyl (C=O) groups excluding carboxylic acids is 1. The molecule has 0 bridgehead atoms. The first-order chi connectivity index (χ1) is 12.5. The zero-order valence-corrected chi connectivity index (χ0v) is 16.5. The topological polar surface area (TPSA) is 78.5 Å². The van der Waals surface area contributed by atoms with E-state index in [9.17, 15) is 13.2 Å². The van der Waals surface area contributed by atoms with Gasteiger partial charge in [0, 0.05) is 30.4 Å². The van der Waals surface area contributed by atoms with Crippen LogP contribution >= 0.6 is 11.3 Å². The van der Waals surface area contributed by atoms with Gasteiger partial charge in [-0.2, -0.15) is 0 Å². The number of sulfonamides is 1. The molecule has 2 amide bonds. The molecular formula is C18H25N3O3S2. The second-order valence-electron chi connectivity index (χ2n) is 6.52. The summed E-state index contributed by atoms with van der Waals surface area (Å²) in [5.74, 6) is 0.0883. The Morgan fingerprint density at radius 3 is 2.73 bits per heavy atom. The van der Waals surface area contributed by atoms with Gasteiger partial charge in [0.1, 0.15) is 0 Å². The van der Waals surface area contributed by atoms with Crippen LogP contribution < -0.4 is 10.0 Å². The Kier molecular flexibility index (Phi) is 6.16. The Hall–Kier alpha value is -1.64. The molecule has 1 aliphatic heterocycles. The van der Waals surface area contributed by atoms with E-state index in [1.54, 1.807) is 23.2 Å². The first kappa shape index (κ1) is 19.1. The summed E-state index contributed by atoms with van der Waals surface area (Å²) >= 11 is 1.73. The lowest BCUT2D eigenvalue weighted by molar-refractivity contribution is 0.180. The van der Waals surface area contributed by atoms with Crippen molar-refractivity contribution in [1.29, 1.82) is 0 Å². The van der Waals surface area contributed by atoms with Crippen molar-refractivity contribution >= 4 is 37.5 Å². The van der Waals surface area contributed by atoms with Gasteiger partial charge in [0.15, 0.2) is 0 Å². The molecule has 142 valence electrons. The van der Waals surface area contributed by atoms with Crippen molar-refractivity contribution in [2.75, 3.05) is 25.4 Å². The van der Waals surface area contributed by atoms with Crippen LogP contribution in [0.1, 0.15) is 25.3 Å². The highest BCUT2D eigenvalue weighted by Gasteiger charge is 2.25. The van der Waals surface area contributed by atoms with Crippen LogP contribution in [0.15, 0.2) is 29.6 Å². The van der Waals surface area contributed by atoms with E-state index in [-0.39, 0.29) is 17.8 Å². The Morgan fingerprint density at radius 2 is 2.00 bits per heavy atom. The van der Waals surface area contributed by atoms with Crippen molar-refractivity contribution in [3.63, 3.8) is 0 Å². The number of fused-ring (bicyclic) bond motifs is 1. The number of rotatable bonds is 6. The molecule has 3 rings (SSSR count). The van der Waals surface area contributed by atoms with Gasteiger partial charge in [-0.1, -0.05) is 18.2 Å². The maximum absolute atomic E-state index is 12.3. The van der Waals surface area contributed by atoms with Crippen molar-refractivity contribution < 1.29 is 13.2 Å². The van der Waals surface area contributed by atoms with Crippen LogP contribution in [-0.4, -0.2) is 50.8 Å². The Bertz CT molecular complexity index is 855. The summed E-state index contributed by atoms with van der Waals surface area (Å²) in [5.41, 5.74) is 1.26. The van der Waals surface area contributed by atoms with Crippen molar-refractivity contribution in [3.05, 3.63) is 35.2 Å². The second-order valence-corrected chi connectivity index (χ2v) is 9.48. The SMILES string of the molecule is CCS(=O)(=O)NC1CCN(C(=O)NCCc2csc3ccccc23)CC1. The molecule has 26 heavy (non-hydrogen) atoms. The number of thiophene rings is 1. The molecule has 1 fully saturated rings. The third-order valence-corrected chi connectivity index (χ3v) is 7.20. The fourth-order valence-electron chi connectivity index (χ4n) is 3.18. The first-order valence-corrected chi connectivity index (χ1v) is 11.5. The van der Waals surface area contributed by atoms with Gasteiger partial charge in [0.05, 0.1) is 5.75 Å². The smallest absolute Gasteiger partial charge is 0.317 e. The molecule has 0 spiro atoms. The Balaban J connectivity index is 1.43. The molecule has 1 aromatic carbocycles. The van der Waals surface area contributed by atoms with E-state index in [0.29, 0.717) is 32.5 Å². The predicted octanol–water partition coefficient (Wildman–Crippen LogP) is 2.56. The number of piperidine rings is 1. The minimum Gasteiger partial charge on any atom is -0.338 e. The molecule has 2 heterocycles. The summed E-state index contributed by atoms with van der Waals surface area (Å²) in [7, 11) is -3.18. The lowest BCUT2D eigenvalue weighted by atomic mass is 10.1. The highest BCUT2D eigenvalue weighted by molar-refractivity contribution is 7.89. The van der Waals surface area contributed by atoms with Crippen LogP contribution in [-0.2, 0) is 16.4 Å². The van der Waals surface area contributed by atoms with Gasteiger partial charge in [-0.05, 0) is 48.6 Å². The second kappa shape index (κ2) is 8.37. The van der Waals surface area contributed by atoms with E-state index >= 15 is 0 Å². The average molecular weight is 396 g/mol. The summed E-state index contributed by atoms with van der Waals surface area (Å²) in [6.45, 7) is 3.37. The van der Waals surface area contributed by atoms with Gasteiger partial charge < -0.3 is 10.2 Å². The zero-order chi connectivity index (χ0) is 18.6. The Morgan fingerprint density at radius 1 is 1.27 bits per heavy atom. The van der Waals surface area contributed by atoms with Crippen LogP contribution in [0.4, 0.5) is 4.79 Å². The summed E-state index contributed by atoms with van der Waals surface area (Å²) in [4.78, 5) is 14.1. The highest BCUT2D eigenvalue weighted by Crippen LogP contribution is 2.25. The van der Waals surface area contributed by atoms with E-state index in [4.69, 9.17) is 0 Å². The molecule has 0 aliphatic carbocycles. The van der Waals surface area contributed by atoms with Gasteiger partial charge in [0.2, 0.25) is 10.0 Å². The fraction of sp³-hybridized carbons (Fsp3) is 0.500. The monoisotopic (exact) mass is 395 g/mol. The molecule has 6 nitrogen and oxygen atoms in total. The van der Waals surface area contributed by atoms with Crippen molar-refractivity contribution in [2.45, 2.75) is 32.2 Å². The number of hydrogen-bond donors (Lipinski definition) is 2. The van der Waals surface area contributed by atoms with Crippen molar-refractivity contribution in [2.24, 2.45) is 0 Å². The Labute approximate surface area is 158 Å². The number of urea groups is 1. The van der Waals surface area contributed by atoms with E-state index in [0.717, 1.165) is 6.42 Å². The van der Waals surface area contributed by atoms with E-state index in [1.807, 2.05) is 12.1 Å². The molecule has 1 aliphatic rings. The number of hydrogen-bond acceptors (Lipinski definition) is 4. The van der Waals surface area contributed by atoms with Crippen LogP contribution in [0, 0.1) is 0 Å². The standard InChI is InChI=1S/C18H25N3O3S2/c1-2-26(23,24)20-15-8-11-21(12-9-15)18(22)19-10-7-14-13-25-17-6-4-3-5-16(14)17/h3-6,13,15,20H,2,7-12H2,1H3,(H,19,22). The third kappa shape index (κ3) is 4.75. The van der Waals surface area contributed by atoms with Gasteiger partial charge in [-0.15, -0.1) is 11.3 Å². The van der Waals surface area contributed by atoms with Gasteiger partial charge in [-0.3, -0.25) is 0 Å². The number of nitrogens with one attached hydrogen (secondary N) is 2. The third-order valence-electron chi connectivity index (χ3n) is 4.74. The largest absolute Gasteiger partial charge is 0.338 e. The summed E-state index contributed by atoms with van der Waals surface area (Å²) in [6.07, 6.45) is 2.12. The molecule has 8 heteroatoms. The molecule has 0 unspecified atom stereocenters. The summed E-state index contributed by atoms with van der Waals surface area (Å²) in [5, 5.41) is 6.40. The van der Waals surface area contributed by atoms with Crippen LogP contribution in [0.3, 0.4) is 0 Å². The number of amides is 2. The molecule has 0 atom stereocenters. The molecule has 2 N–H and O–H groups in total. The highest BCUT2D eigenvalue weighted by atomic mass is 32.2. The predicted molar refractivity (Wildman–Crippen MR) is 106 cm³/mol. The minimum absolute atomic E-state index is 0.0682. The van der Waals surface area contributed by atoms with Gasteiger partial charge in [-0.25, -0.2) is 17.9 Å². The molecule has 1 aromatic heterocycles. The molecule has 0 saturated carbocycles. The van der Waals surface area contributed by atoms with Crippen LogP contribution in [0.25, 0.3) is 10.1 Å². The van der Waals surface area contributed by atoms with E-state index in [1.165, 1.54) is 15.6 Å². The van der Waals surface area contributed by atoms with Gasteiger partial charge >= 0.3 is 6.03 Å². The number of carbonyl (C=O) groups is 1. The first-order valence-electron chi connectivity index (χ1n) is 8.96. The maximum atomic E-state index is 12.3. The average Bonchev–Trinajstić information content (AvgIpc) is 3.05. The van der Waals surface area contributed by atoms with E-state index < -0.39 is 10.0 Å². The number of nitrogens with zero attached hydrogens (tertiary/aromatic N) is 1. The lowest BCUT2D eigenvalue weighted by Gasteiger charge is -2.32. The zero-order valence-electron chi connectivity index (χ0n) is 14.9. The summed E-state index contributed by atoms with van der Waals surface area (Å²) < 4.78 is 27.2. The quantitative estimate of drug-likeness (QED) is 0.789. The fourth-order valence-corrected chi connectivity index (χ4v) is 5.09. The van der Waals surface area contributed by atoms with Crippen molar-refractivity contribution in [1.82, 2.24) is 14.9 Å². The van der Waals surface area contributed by atoms with Gasteiger partial charge in [0.25, 0.3) is 0 Å². The van der Waals surface area contributed by atoms with Crippen LogP contribution in [0.5, 0.6) is 0 Å². The molecule has 2 aromatic rings. The summed E-state index contributed by atoms with van der Waals surface area (Å²) in [6, 6.07) is 8.16. The van der Waals surface area contributed by atoms with Crippen molar-refractivity contribution in [3.8, 4) is 0 Å². The number of likely N-dealkylation sites (tertiary alicyclic amines) is 1. The normalized spacial score (nSPS) is 16.1.